The second-order valence-electron chi connectivity index (χ2n) is 6.31. The van der Waals surface area contributed by atoms with Crippen LogP contribution in [-0.4, -0.2) is 72.4 Å². The summed E-state index contributed by atoms with van der Waals surface area (Å²) in [6, 6.07) is 0.329. The van der Waals surface area contributed by atoms with E-state index in [0.29, 0.717) is 11.9 Å². The van der Waals surface area contributed by atoms with Crippen LogP contribution in [0.2, 0.25) is 0 Å². The topological polar surface area (TPSA) is 53.0 Å². The molecule has 114 valence electrons. The maximum absolute atomic E-state index is 12.4. The van der Waals surface area contributed by atoms with Crippen LogP contribution in [0.15, 0.2) is 0 Å². The van der Waals surface area contributed by atoms with Gasteiger partial charge in [0, 0.05) is 51.4 Å². The highest BCUT2D eigenvalue weighted by Gasteiger charge is 2.34. The highest BCUT2D eigenvalue weighted by molar-refractivity contribution is 5.79. The Kier molecular flexibility index (Phi) is 4.58. The number of amides is 1. The molecule has 3 aliphatic rings. The van der Waals surface area contributed by atoms with Gasteiger partial charge in [-0.25, -0.2) is 0 Å². The summed E-state index contributed by atoms with van der Waals surface area (Å²) < 4.78 is 5.33. The number of nitrogens with zero attached hydrogens (tertiary/aromatic N) is 2. The minimum atomic E-state index is -0.159. The van der Waals surface area contributed by atoms with Crippen molar-refractivity contribution in [1.82, 2.24) is 9.80 Å². The molecular weight excluding hydrogens is 256 g/mol. The van der Waals surface area contributed by atoms with Gasteiger partial charge in [0.15, 0.2) is 0 Å². The zero-order chi connectivity index (χ0) is 13.9. The Labute approximate surface area is 120 Å². The van der Waals surface area contributed by atoms with Crippen LogP contribution in [0.5, 0.6) is 0 Å². The molecule has 0 aromatic rings. The first-order valence-electron chi connectivity index (χ1n) is 8.04. The van der Waals surface area contributed by atoms with Gasteiger partial charge in [-0.2, -0.15) is 0 Å². The van der Waals surface area contributed by atoms with E-state index in [9.17, 15) is 9.90 Å². The molecule has 3 fully saturated rings. The lowest BCUT2D eigenvalue weighted by Gasteiger charge is -2.40. The first-order chi connectivity index (χ1) is 9.75. The Morgan fingerprint density at radius 1 is 1.00 bits per heavy atom. The third-order valence-corrected chi connectivity index (χ3v) is 5.11. The minimum Gasteiger partial charge on any atom is -0.391 e. The number of rotatable bonds is 2. The van der Waals surface area contributed by atoms with E-state index >= 15 is 0 Å². The lowest BCUT2D eigenvalue weighted by molar-refractivity contribution is -0.140. The van der Waals surface area contributed by atoms with Gasteiger partial charge in [0.2, 0.25) is 5.91 Å². The first kappa shape index (κ1) is 14.3. The third kappa shape index (κ3) is 3.00. The second kappa shape index (κ2) is 6.41. The smallest absolute Gasteiger partial charge is 0.225 e. The predicted octanol–water partition coefficient (Wildman–Crippen LogP) is 0.471. The van der Waals surface area contributed by atoms with Crippen molar-refractivity contribution in [3.05, 3.63) is 0 Å². The predicted molar refractivity (Wildman–Crippen MR) is 75.3 cm³/mol. The lowest BCUT2D eigenvalue weighted by atomic mass is 9.98. The molecule has 0 unspecified atom stereocenters. The van der Waals surface area contributed by atoms with Crippen LogP contribution in [-0.2, 0) is 9.53 Å². The quantitative estimate of drug-likeness (QED) is 0.800. The number of aliphatic hydroxyl groups excluding tert-OH is 1. The number of carbonyl (C=O) groups is 1. The average Bonchev–Trinajstić information content (AvgIpc) is 2.94. The molecule has 0 spiro atoms. The Morgan fingerprint density at radius 2 is 1.70 bits per heavy atom. The van der Waals surface area contributed by atoms with Crippen molar-refractivity contribution < 1.29 is 14.6 Å². The van der Waals surface area contributed by atoms with E-state index in [1.165, 1.54) is 0 Å². The van der Waals surface area contributed by atoms with Gasteiger partial charge in [-0.1, -0.05) is 0 Å². The molecule has 0 aromatic heterocycles. The van der Waals surface area contributed by atoms with Gasteiger partial charge >= 0.3 is 0 Å². The van der Waals surface area contributed by atoms with Gasteiger partial charge in [-0.3, -0.25) is 9.69 Å². The van der Waals surface area contributed by atoms with E-state index in [1.807, 2.05) is 4.90 Å². The molecule has 2 saturated heterocycles. The molecule has 1 saturated carbocycles. The average molecular weight is 282 g/mol. The number of piperazine rings is 1. The summed E-state index contributed by atoms with van der Waals surface area (Å²) in [5, 5.41) is 9.98. The third-order valence-electron chi connectivity index (χ3n) is 5.11. The SMILES string of the molecule is O=C(C1CCOCC1)N1CCN([C@@H]2CCC[C@H]2O)CC1. The van der Waals surface area contributed by atoms with Crippen LogP contribution in [0.25, 0.3) is 0 Å². The van der Waals surface area contributed by atoms with Gasteiger partial charge in [-0.05, 0) is 32.1 Å². The highest BCUT2D eigenvalue weighted by atomic mass is 16.5. The van der Waals surface area contributed by atoms with E-state index in [1.54, 1.807) is 0 Å². The summed E-state index contributed by atoms with van der Waals surface area (Å²) in [5.41, 5.74) is 0. The summed E-state index contributed by atoms with van der Waals surface area (Å²) >= 11 is 0. The Bertz CT molecular complexity index is 336. The molecule has 0 radical (unpaired) electrons. The number of hydrogen-bond donors (Lipinski definition) is 1. The van der Waals surface area contributed by atoms with Crippen molar-refractivity contribution in [2.24, 2.45) is 5.92 Å². The van der Waals surface area contributed by atoms with Crippen molar-refractivity contribution in [2.45, 2.75) is 44.2 Å². The standard InChI is InChI=1S/C15H26N2O3/c18-14-3-1-2-13(14)16-6-8-17(9-7-16)15(19)12-4-10-20-11-5-12/h12-14,18H,1-11H2/t13-,14-/m1/s1. The molecule has 3 rings (SSSR count). The van der Waals surface area contributed by atoms with Crippen LogP contribution in [0, 0.1) is 5.92 Å². The van der Waals surface area contributed by atoms with E-state index in [2.05, 4.69) is 4.90 Å². The van der Waals surface area contributed by atoms with Crippen LogP contribution >= 0.6 is 0 Å². The van der Waals surface area contributed by atoms with Crippen molar-refractivity contribution >= 4 is 5.91 Å². The monoisotopic (exact) mass is 282 g/mol. The number of carbonyl (C=O) groups excluding carboxylic acids is 1. The fourth-order valence-corrected chi connectivity index (χ4v) is 3.82. The number of hydrogen-bond acceptors (Lipinski definition) is 4. The Balaban J connectivity index is 1.49. The van der Waals surface area contributed by atoms with Crippen molar-refractivity contribution in [2.75, 3.05) is 39.4 Å². The molecule has 5 nitrogen and oxygen atoms in total. The molecule has 1 N–H and O–H groups in total. The summed E-state index contributed by atoms with van der Waals surface area (Å²) in [4.78, 5) is 16.8. The lowest BCUT2D eigenvalue weighted by Crippen LogP contribution is -2.54. The van der Waals surface area contributed by atoms with Crippen LogP contribution in [0.3, 0.4) is 0 Å². The van der Waals surface area contributed by atoms with Gasteiger partial charge in [-0.15, -0.1) is 0 Å². The van der Waals surface area contributed by atoms with Crippen LogP contribution in [0.4, 0.5) is 0 Å². The van der Waals surface area contributed by atoms with E-state index < -0.39 is 0 Å². The molecule has 0 aromatic carbocycles. The van der Waals surface area contributed by atoms with E-state index in [4.69, 9.17) is 4.74 Å². The molecule has 0 bridgehead atoms. The summed E-state index contributed by atoms with van der Waals surface area (Å²) in [6.07, 6.45) is 4.77. The maximum Gasteiger partial charge on any atom is 0.225 e. The maximum atomic E-state index is 12.4. The summed E-state index contributed by atoms with van der Waals surface area (Å²) in [6.45, 7) is 4.92. The number of ether oxygens (including phenoxy) is 1. The van der Waals surface area contributed by atoms with Gasteiger partial charge in [0.25, 0.3) is 0 Å². The molecule has 1 amide bonds. The number of aliphatic hydroxyl groups is 1. The van der Waals surface area contributed by atoms with Crippen molar-refractivity contribution in [3.63, 3.8) is 0 Å². The Hall–Kier alpha value is -0.650. The fourth-order valence-electron chi connectivity index (χ4n) is 3.82. The molecule has 2 atom stereocenters. The van der Waals surface area contributed by atoms with Crippen LogP contribution < -0.4 is 0 Å². The zero-order valence-corrected chi connectivity index (χ0v) is 12.2. The molecule has 2 heterocycles. The highest BCUT2D eigenvalue weighted by Crippen LogP contribution is 2.26. The van der Waals surface area contributed by atoms with Gasteiger partial charge in [0.05, 0.1) is 6.10 Å². The minimum absolute atomic E-state index is 0.159. The van der Waals surface area contributed by atoms with E-state index in [0.717, 1.165) is 71.5 Å². The molecule has 1 aliphatic carbocycles. The first-order valence-corrected chi connectivity index (χ1v) is 8.04. The van der Waals surface area contributed by atoms with Crippen molar-refractivity contribution in [1.29, 1.82) is 0 Å². The Morgan fingerprint density at radius 3 is 2.30 bits per heavy atom. The van der Waals surface area contributed by atoms with E-state index in [-0.39, 0.29) is 12.0 Å². The van der Waals surface area contributed by atoms with Gasteiger partial charge < -0.3 is 14.7 Å². The molecule has 2 aliphatic heterocycles. The summed E-state index contributed by atoms with van der Waals surface area (Å²) in [5.74, 6) is 0.493. The van der Waals surface area contributed by atoms with Crippen molar-refractivity contribution in [3.8, 4) is 0 Å². The fraction of sp³-hybridized carbons (Fsp3) is 0.933. The van der Waals surface area contributed by atoms with Gasteiger partial charge in [0.1, 0.15) is 0 Å². The van der Waals surface area contributed by atoms with Crippen LogP contribution in [0.1, 0.15) is 32.1 Å². The molecule has 5 heteroatoms. The second-order valence-corrected chi connectivity index (χ2v) is 6.31. The normalized spacial score (nSPS) is 33.5. The largest absolute Gasteiger partial charge is 0.391 e. The molecular formula is C15H26N2O3. The summed E-state index contributed by atoms with van der Waals surface area (Å²) in [7, 11) is 0. The zero-order valence-electron chi connectivity index (χ0n) is 12.2. The molecule has 20 heavy (non-hydrogen) atoms.